The van der Waals surface area contributed by atoms with Crippen molar-refractivity contribution >= 4 is 35.0 Å². The predicted octanol–water partition coefficient (Wildman–Crippen LogP) is 2.69. The number of carbonyl (C=O) groups is 2. The molecule has 1 N–H and O–H groups in total. The molecule has 1 aromatic heterocycles. The van der Waals surface area contributed by atoms with Gasteiger partial charge in [0.25, 0.3) is 0 Å². The molecule has 0 aromatic carbocycles. The number of fused-ring (bicyclic) bond motifs is 1. The summed E-state index contributed by atoms with van der Waals surface area (Å²) in [6, 6.07) is 3.47. The van der Waals surface area contributed by atoms with E-state index in [0.717, 1.165) is 25.0 Å². The van der Waals surface area contributed by atoms with Crippen molar-refractivity contribution in [3.8, 4) is 0 Å². The lowest BCUT2D eigenvalue weighted by molar-refractivity contribution is -0.148. The summed E-state index contributed by atoms with van der Waals surface area (Å²) in [6.07, 6.45) is 3.13. The minimum atomic E-state index is -0.832. The van der Waals surface area contributed by atoms with Crippen LogP contribution in [0.25, 0.3) is 0 Å². The molecule has 2 fully saturated rings. The zero-order chi connectivity index (χ0) is 14.8. The van der Waals surface area contributed by atoms with Crippen molar-refractivity contribution in [2.45, 2.75) is 31.1 Å². The SMILES string of the molecule is O=C(O)C1C2CCCC2CN1C(=O)CSCc1cccs1. The number of likely N-dealkylation sites (tertiary alicyclic amines) is 1. The summed E-state index contributed by atoms with van der Waals surface area (Å²) in [5.74, 6) is 0.925. The van der Waals surface area contributed by atoms with Gasteiger partial charge in [0, 0.05) is 17.2 Å². The molecule has 4 nitrogen and oxygen atoms in total. The van der Waals surface area contributed by atoms with Gasteiger partial charge in [0.15, 0.2) is 0 Å². The summed E-state index contributed by atoms with van der Waals surface area (Å²) in [7, 11) is 0. The van der Waals surface area contributed by atoms with Gasteiger partial charge in [-0.2, -0.15) is 0 Å². The number of nitrogens with zero attached hydrogens (tertiary/aromatic N) is 1. The van der Waals surface area contributed by atoms with E-state index in [0.29, 0.717) is 18.2 Å². The van der Waals surface area contributed by atoms with Gasteiger partial charge in [0.1, 0.15) is 6.04 Å². The average Bonchev–Trinajstić information content (AvgIpc) is 3.13. The van der Waals surface area contributed by atoms with E-state index >= 15 is 0 Å². The molecule has 0 spiro atoms. The van der Waals surface area contributed by atoms with Crippen LogP contribution in [0.3, 0.4) is 0 Å². The zero-order valence-electron chi connectivity index (χ0n) is 11.7. The molecule has 2 heterocycles. The summed E-state index contributed by atoms with van der Waals surface area (Å²) < 4.78 is 0. The smallest absolute Gasteiger partial charge is 0.326 e. The van der Waals surface area contributed by atoms with E-state index < -0.39 is 12.0 Å². The lowest BCUT2D eigenvalue weighted by Gasteiger charge is -2.24. The molecule has 1 saturated heterocycles. The maximum absolute atomic E-state index is 12.4. The molecule has 3 unspecified atom stereocenters. The third-order valence-corrected chi connectivity index (χ3v) is 6.54. The molecule has 3 atom stereocenters. The van der Waals surface area contributed by atoms with E-state index in [9.17, 15) is 14.7 Å². The van der Waals surface area contributed by atoms with Crippen LogP contribution in [-0.4, -0.2) is 40.2 Å². The molecule has 1 amide bonds. The Bertz CT molecular complexity index is 517. The van der Waals surface area contributed by atoms with Gasteiger partial charge in [-0.1, -0.05) is 12.5 Å². The van der Waals surface area contributed by atoms with Crippen LogP contribution in [0.4, 0.5) is 0 Å². The van der Waals surface area contributed by atoms with E-state index in [1.165, 1.54) is 4.88 Å². The van der Waals surface area contributed by atoms with Gasteiger partial charge in [-0.15, -0.1) is 23.1 Å². The largest absolute Gasteiger partial charge is 0.480 e. The van der Waals surface area contributed by atoms with E-state index in [4.69, 9.17) is 0 Å². The standard InChI is InChI=1S/C15H19NO3S2/c17-13(9-20-8-11-4-2-6-21-11)16-7-10-3-1-5-12(10)14(16)15(18)19/h2,4,6,10,12,14H,1,3,5,7-9H2,(H,18,19). The van der Waals surface area contributed by atoms with E-state index in [1.54, 1.807) is 28.0 Å². The first-order valence-electron chi connectivity index (χ1n) is 7.29. The van der Waals surface area contributed by atoms with Crippen molar-refractivity contribution in [3.63, 3.8) is 0 Å². The van der Waals surface area contributed by atoms with Crippen LogP contribution in [-0.2, 0) is 15.3 Å². The van der Waals surface area contributed by atoms with Gasteiger partial charge in [-0.3, -0.25) is 4.79 Å². The number of amides is 1. The van der Waals surface area contributed by atoms with Crippen LogP contribution in [0.15, 0.2) is 17.5 Å². The zero-order valence-corrected chi connectivity index (χ0v) is 13.4. The van der Waals surface area contributed by atoms with Crippen molar-refractivity contribution in [1.82, 2.24) is 4.90 Å². The van der Waals surface area contributed by atoms with Crippen molar-refractivity contribution in [2.24, 2.45) is 11.8 Å². The number of aliphatic carboxylic acids is 1. The van der Waals surface area contributed by atoms with Crippen LogP contribution in [0, 0.1) is 11.8 Å². The fourth-order valence-corrected chi connectivity index (χ4v) is 5.35. The molecule has 0 radical (unpaired) electrons. The Morgan fingerprint density at radius 1 is 1.43 bits per heavy atom. The summed E-state index contributed by atoms with van der Waals surface area (Å²) >= 11 is 3.26. The monoisotopic (exact) mass is 325 g/mol. The highest BCUT2D eigenvalue weighted by atomic mass is 32.2. The molecular weight excluding hydrogens is 306 g/mol. The number of carboxylic acids is 1. The topological polar surface area (TPSA) is 57.6 Å². The third-order valence-electron chi connectivity index (χ3n) is 4.51. The Hall–Kier alpha value is -1.01. The highest BCUT2D eigenvalue weighted by Gasteiger charge is 2.49. The molecule has 21 heavy (non-hydrogen) atoms. The highest BCUT2D eigenvalue weighted by Crippen LogP contribution is 2.42. The van der Waals surface area contributed by atoms with E-state index in [1.807, 2.05) is 11.4 Å². The Labute approximate surface area is 132 Å². The summed E-state index contributed by atoms with van der Waals surface area (Å²) in [4.78, 5) is 26.8. The molecule has 1 saturated carbocycles. The molecule has 0 bridgehead atoms. The third kappa shape index (κ3) is 3.11. The van der Waals surface area contributed by atoms with Crippen LogP contribution >= 0.6 is 23.1 Å². The highest BCUT2D eigenvalue weighted by molar-refractivity contribution is 7.99. The van der Waals surface area contributed by atoms with Crippen LogP contribution < -0.4 is 0 Å². The molecule has 1 aromatic rings. The first-order chi connectivity index (χ1) is 10.2. The average molecular weight is 325 g/mol. The van der Waals surface area contributed by atoms with Gasteiger partial charge in [-0.05, 0) is 36.1 Å². The van der Waals surface area contributed by atoms with Crippen molar-refractivity contribution in [3.05, 3.63) is 22.4 Å². The van der Waals surface area contributed by atoms with Crippen molar-refractivity contribution in [1.29, 1.82) is 0 Å². The number of thioether (sulfide) groups is 1. The number of carboxylic acid groups (broad SMARTS) is 1. The first kappa shape index (κ1) is 14.9. The lowest BCUT2D eigenvalue weighted by Crippen LogP contribution is -2.44. The molecular formula is C15H19NO3S2. The Kier molecular flexibility index (Phi) is 4.54. The van der Waals surface area contributed by atoms with Gasteiger partial charge in [0.05, 0.1) is 5.75 Å². The van der Waals surface area contributed by atoms with Gasteiger partial charge >= 0.3 is 5.97 Å². The van der Waals surface area contributed by atoms with Crippen LogP contribution in [0.2, 0.25) is 0 Å². The maximum Gasteiger partial charge on any atom is 0.326 e. The predicted molar refractivity (Wildman–Crippen MR) is 84.4 cm³/mol. The Morgan fingerprint density at radius 3 is 3.00 bits per heavy atom. The summed E-state index contributed by atoms with van der Waals surface area (Å²) in [5, 5.41) is 11.5. The number of hydrogen-bond donors (Lipinski definition) is 1. The fourth-order valence-electron chi connectivity index (χ4n) is 3.60. The minimum Gasteiger partial charge on any atom is -0.480 e. The Morgan fingerprint density at radius 2 is 2.29 bits per heavy atom. The first-order valence-corrected chi connectivity index (χ1v) is 9.32. The Balaban J connectivity index is 1.57. The molecule has 3 rings (SSSR count). The number of thiophene rings is 1. The lowest BCUT2D eigenvalue weighted by atomic mass is 9.94. The molecule has 6 heteroatoms. The van der Waals surface area contributed by atoms with Gasteiger partial charge in [0.2, 0.25) is 5.91 Å². The van der Waals surface area contributed by atoms with E-state index in [-0.39, 0.29) is 11.8 Å². The normalized spacial score (nSPS) is 27.8. The number of rotatable bonds is 5. The van der Waals surface area contributed by atoms with Crippen LogP contribution in [0.1, 0.15) is 24.1 Å². The quantitative estimate of drug-likeness (QED) is 0.904. The second-order valence-electron chi connectivity index (χ2n) is 5.76. The van der Waals surface area contributed by atoms with E-state index in [2.05, 4.69) is 6.07 Å². The maximum atomic E-state index is 12.4. The van der Waals surface area contributed by atoms with Crippen molar-refractivity contribution in [2.75, 3.05) is 12.3 Å². The summed E-state index contributed by atoms with van der Waals surface area (Å²) in [6.45, 7) is 0.639. The molecule has 2 aliphatic rings. The number of carbonyl (C=O) groups excluding carboxylic acids is 1. The molecule has 114 valence electrons. The van der Waals surface area contributed by atoms with Crippen molar-refractivity contribution < 1.29 is 14.7 Å². The number of hydrogen-bond acceptors (Lipinski definition) is 4. The minimum absolute atomic E-state index is 0.0154. The molecule has 1 aliphatic heterocycles. The van der Waals surface area contributed by atoms with Gasteiger partial charge in [-0.25, -0.2) is 4.79 Å². The second-order valence-corrected chi connectivity index (χ2v) is 7.77. The molecule has 1 aliphatic carbocycles. The fraction of sp³-hybridized carbons (Fsp3) is 0.600. The van der Waals surface area contributed by atoms with Gasteiger partial charge < -0.3 is 10.0 Å². The summed E-state index contributed by atoms with van der Waals surface area (Å²) in [5.41, 5.74) is 0. The second kappa shape index (κ2) is 6.40. The van der Waals surface area contributed by atoms with Crippen LogP contribution in [0.5, 0.6) is 0 Å².